The number of hydrogen-bond donors (Lipinski definition) is 1. The van der Waals surface area contributed by atoms with Gasteiger partial charge in [-0.1, -0.05) is 13.8 Å². The zero-order chi connectivity index (χ0) is 9.26. The van der Waals surface area contributed by atoms with Gasteiger partial charge in [0.1, 0.15) is 11.6 Å². The van der Waals surface area contributed by atoms with E-state index in [1.54, 1.807) is 0 Å². The molecule has 0 amide bonds. The average Bonchev–Trinajstić information content (AvgIpc) is 2.60. The molecule has 0 saturated heterocycles. The molecular formula is C9H16N4. The Balaban J connectivity index is 2.36. The summed E-state index contributed by atoms with van der Waals surface area (Å²) in [7, 11) is 0. The van der Waals surface area contributed by atoms with E-state index in [2.05, 4.69) is 33.9 Å². The van der Waals surface area contributed by atoms with Crippen LogP contribution < -0.4 is 5.32 Å². The normalized spacial score (nSPS) is 21.5. The molecule has 0 fully saturated rings. The standard InChI is InChI=1S/C9H16N4/c1-3-7-9-12-11-8(4-2)13(9)6-5-10-7/h7,10H,3-6H2,1-2H3. The SMILES string of the molecule is CCc1nnc2n1CCNC2CC. The second kappa shape index (κ2) is 3.46. The van der Waals surface area contributed by atoms with Gasteiger partial charge in [0.2, 0.25) is 0 Å². The van der Waals surface area contributed by atoms with Crippen molar-refractivity contribution in [2.75, 3.05) is 6.54 Å². The summed E-state index contributed by atoms with van der Waals surface area (Å²) in [6.45, 7) is 6.35. The third-order valence-corrected chi connectivity index (χ3v) is 2.62. The van der Waals surface area contributed by atoms with E-state index in [-0.39, 0.29) is 0 Å². The van der Waals surface area contributed by atoms with Crippen molar-refractivity contribution in [3.05, 3.63) is 11.6 Å². The Morgan fingerprint density at radius 3 is 3.00 bits per heavy atom. The molecule has 13 heavy (non-hydrogen) atoms. The van der Waals surface area contributed by atoms with Crippen molar-refractivity contribution < 1.29 is 0 Å². The Hall–Kier alpha value is -0.900. The summed E-state index contributed by atoms with van der Waals surface area (Å²) in [4.78, 5) is 0. The molecule has 2 rings (SSSR count). The lowest BCUT2D eigenvalue weighted by Crippen LogP contribution is -2.33. The number of nitrogens with one attached hydrogen (secondary N) is 1. The van der Waals surface area contributed by atoms with Crippen molar-refractivity contribution in [1.82, 2.24) is 20.1 Å². The minimum atomic E-state index is 0.404. The maximum absolute atomic E-state index is 4.23. The molecule has 0 aliphatic carbocycles. The minimum absolute atomic E-state index is 0.404. The number of nitrogens with zero attached hydrogens (tertiary/aromatic N) is 3. The smallest absolute Gasteiger partial charge is 0.150 e. The molecule has 4 nitrogen and oxygen atoms in total. The van der Waals surface area contributed by atoms with E-state index in [1.807, 2.05) is 0 Å². The lowest BCUT2D eigenvalue weighted by atomic mass is 10.2. The highest BCUT2D eigenvalue weighted by atomic mass is 15.3. The predicted molar refractivity (Wildman–Crippen MR) is 50.4 cm³/mol. The molecule has 0 aromatic carbocycles. The van der Waals surface area contributed by atoms with E-state index in [9.17, 15) is 0 Å². The predicted octanol–water partition coefficient (Wildman–Crippen LogP) is 0.895. The first kappa shape index (κ1) is 8.69. The number of aromatic nitrogens is 3. The Labute approximate surface area is 78.4 Å². The van der Waals surface area contributed by atoms with Crippen molar-refractivity contribution >= 4 is 0 Å². The molecule has 0 bridgehead atoms. The van der Waals surface area contributed by atoms with Crippen molar-refractivity contribution in [3.63, 3.8) is 0 Å². The summed E-state index contributed by atoms with van der Waals surface area (Å²) >= 11 is 0. The van der Waals surface area contributed by atoms with Gasteiger partial charge in [0.05, 0.1) is 6.04 Å². The minimum Gasteiger partial charge on any atom is -0.312 e. The fourth-order valence-electron chi connectivity index (χ4n) is 1.88. The lowest BCUT2D eigenvalue weighted by Gasteiger charge is -2.23. The Kier molecular flexibility index (Phi) is 2.31. The van der Waals surface area contributed by atoms with Crippen LogP contribution in [-0.4, -0.2) is 21.3 Å². The summed E-state index contributed by atoms with van der Waals surface area (Å²) in [5.74, 6) is 2.24. The quantitative estimate of drug-likeness (QED) is 0.735. The highest BCUT2D eigenvalue weighted by molar-refractivity contribution is 5.03. The van der Waals surface area contributed by atoms with Gasteiger partial charge in [-0.3, -0.25) is 0 Å². The van der Waals surface area contributed by atoms with Gasteiger partial charge in [0.15, 0.2) is 0 Å². The van der Waals surface area contributed by atoms with Gasteiger partial charge in [-0.2, -0.15) is 0 Å². The Morgan fingerprint density at radius 2 is 2.31 bits per heavy atom. The van der Waals surface area contributed by atoms with Gasteiger partial charge >= 0.3 is 0 Å². The van der Waals surface area contributed by atoms with Crippen LogP contribution in [0, 0.1) is 0 Å². The molecule has 4 heteroatoms. The fraction of sp³-hybridized carbons (Fsp3) is 0.778. The van der Waals surface area contributed by atoms with Crippen LogP contribution in [0.3, 0.4) is 0 Å². The summed E-state index contributed by atoms with van der Waals surface area (Å²) in [6, 6.07) is 0.404. The van der Waals surface area contributed by atoms with Crippen molar-refractivity contribution in [2.24, 2.45) is 0 Å². The molecular weight excluding hydrogens is 164 g/mol. The summed E-state index contributed by atoms with van der Waals surface area (Å²) < 4.78 is 2.25. The van der Waals surface area contributed by atoms with Gasteiger partial charge in [0, 0.05) is 19.5 Å². The molecule has 0 saturated carbocycles. The molecule has 1 aromatic heterocycles. The molecule has 1 aliphatic rings. The number of fused-ring (bicyclic) bond motifs is 1. The molecule has 0 spiro atoms. The highest BCUT2D eigenvalue weighted by Crippen LogP contribution is 2.18. The number of hydrogen-bond acceptors (Lipinski definition) is 3. The van der Waals surface area contributed by atoms with Crippen molar-refractivity contribution in [1.29, 1.82) is 0 Å². The van der Waals surface area contributed by atoms with E-state index < -0.39 is 0 Å². The summed E-state index contributed by atoms with van der Waals surface area (Å²) in [5, 5.41) is 11.9. The van der Waals surface area contributed by atoms with Gasteiger partial charge < -0.3 is 9.88 Å². The molecule has 0 radical (unpaired) electrons. The van der Waals surface area contributed by atoms with E-state index >= 15 is 0 Å². The third-order valence-electron chi connectivity index (χ3n) is 2.62. The van der Waals surface area contributed by atoms with E-state index in [4.69, 9.17) is 0 Å². The van der Waals surface area contributed by atoms with Gasteiger partial charge in [0.25, 0.3) is 0 Å². The maximum Gasteiger partial charge on any atom is 0.150 e. The van der Waals surface area contributed by atoms with E-state index in [0.717, 1.165) is 37.6 Å². The topological polar surface area (TPSA) is 42.7 Å². The van der Waals surface area contributed by atoms with Crippen LogP contribution >= 0.6 is 0 Å². The Morgan fingerprint density at radius 1 is 1.46 bits per heavy atom. The maximum atomic E-state index is 4.23. The summed E-state index contributed by atoms with van der Waals surface area (Å²) in [5.41, 5.74) is 0. The average molecular weight is 180 g/mol. The van der Waals surface area contributed by atoms with E-state index in [1.165, 1.54) is 0 Å². The monoisotopic (exact) mass is 180 g/mol. The van der Waals surface area contributed by atoms with Crippen LogP contribution in [0.15, 0.2) is 0 Å². The first-order chi connectivity index (χ1) is 6.36. The van der Waals surface area contributed by atoms with Crippen LogP contribution in [0.4, 0.5) is 0 Å². The molecule has 1 N–H and O–H groups in total. The van der Waals surface area contributed by atoms with Crippen LogP contribution in [0.5, 0.6) is 0 Å². The molecule has 1 aromatic rings. The second-order valence-electron chi connectivity index (χ2n) is 3.39. The molecule has 1 aliphatic heterocycles. The van der Waals surface area contributed by atoms with Crippen molar-refractivity contribution in [2.45, 2.75) is 39.3 Å². The van der Waals surface area contributed by atoms with Crippen LogP contribution in [0.1, 0.15) is 38.0 Å². The van der Waals surface area contributed by atoms with Gasteiger partial charge in [-0.15, -0.1) is 10.2 Å². The highest BCUT2D eigenvalue weighted by Gasteiger charge is 2.22. The molecule has 2 heterocycles. The first-order valence-electron chi connectivity index (χ1n) is 5.02. The first-order valence-corrected chi connectivity index (χ1v) is 5.02. The number of aryl methyl sites for hydroxylation is 1. The van der Waals surface area contributed by atoms with Crippen LogP contribution in [0.25, 0.3) is 0 Å². The fourth-order valence-corrected chi connectivity index (χ4v) is 1.88. The Bertz CT molecular complexity index is 292. The lowest BCUT2D eigenvalue weighted by molar-refractivity contribution is 0.400. The van der Waals surface area contributed by atoms with Gasteiger partial charge in [-0.25, -0.2) is 0 Å². The number of rotatable bonds is 2. The van der Waals surface area contributed by atoms with Gasteiger partial charge in [-0.05, 0) is 6.42 Å². The summed E-state index contributed by atoms with van der Waals surface area (Å²) in [6.07, 6.45) is 2.06. The van der Waals surface area contributed by atoms with Crippen LogP contribution in [-0.2, 0) is 13.0 Å². The largest absolute Gasteiger partial charge is 0.312 e. The molecule has 72 valence electrons. The zero-order valence-electron chi connectivity index (χ0n) is 8.25. The van der Waals surface area contributed by atoms with E-state index in [0.29, 0.717) is 6.04 Å². The zero-order valence-corrected chi connectivity index (χ0v) is 8.25. The van der Waals surface area contributed by atoms with Crippen LogP contribution in [0.2, 0.25) is 0 Å². The van der Waals surface area contributed by atoms with Crippen molar-refractivity contribution in [3.8, 4) is 0 Å². The molecule has 1 atom stereocenters. The second-order valence-corrected chi connectivity index (χ2v) is 3.39. The molecule has 1 unspecified atom stereocenters. The third kappa shape index (κ3) is 1.35.